The second-order valence-corrected chi connectivity index (χ2v) is 5.96. The number of carboxylic acid groups (broad SMARTS) is 1. The summed E-state index contributed by atoms with van der Waals surface area (Å²) in [6, 6.07) is 5.12. The summed E-state index contributed by atoms with van der Waals surface area (Å²) in [4.78, 5) is 21.3. The van der Waals surface area contributed by atoms with Crippen LogP contribution in [0.15, 0.2) is 29.2 Å². The van der Waals surface area contributed by atoms with E-state index < -0.39 is 35.0 Å². The Hall–Kier alpha value is -1.64. The molecule has 0 aromatic heterocycles. The fourth-order valence-electron chi connectivity index (χ4n) is 1.31. The van der Waals surface area contributed by atoms with E-state index in [-0.39, 0.29) is 4.90 Å². The van der Waals surface area contributed by atoms with Crippen LogP contribution >= 0.6 is 11.6 Å². The Morgan fingerprint density at radius 2 is 1.74 bits per heavy atom. The molecule has 1 amide bonds. The van der Waals surface area contributed by atoms with Crippen molar-refractivity contribution < 1.29 is 23.1 Å². The zero-order valence-corrected chi connectivity index (χ0v) is 11.2. The van der Waals surface area contributed by atoms with Crippen molar-refractivity contribution in [3.05, 3.63) is 29.3 Å². The summed E-state index contributed by atoms with van der Waals surface area (Å²) in [6.07, 6.45) is 0. The quantitative estimate of drug-likeness (QED) is 0.761. The van der Waals surface area contributed by atoms with Crippen LogP contribution in [-0.2, 0) is 19.6 Å². The van der Waals surface area contributed by atoms with Crippen molar-refractivity contribution in [2.75, 3.05) is 13.1 Å². The van der Waals surface area contributed by atoms with Gasteiger partial charge in [-0.15, -0.1) is 0 Å². The van der Waals surface area contributed by atoms with Gasteiger partial charge in [0.05, 0.1) is 11.4 Å². The first-order valence-corrected chi connectivity index (χ1v) is 6.81. The van der Waals surface area contributed by atoms with E-state index in [0.717, 1.165) is 0 Å². The molecule has 0 aliphatic rings. The molecule has 0 unspecified atom stereocenters. The van der Waals surface area contributed by atoms with Gasteiger partial charge in [-0.1, -0.05) is 11.6 Å². The average Bonchev–Trinajstić information content (AvgIpc) is 2.27. The van der Waals surface area contributed by atoms with Crippen LogP contribution in [0.25, 0.3) is 0 Å². The number of hydrogen-bond donors (Lipinski definition) is 2. The van der Waals surface area contributed by atoms with Crippen molar-refractivity contribution in [2.24, 2.45) is 5.73 Å². The minimum atomic E-state index is -4.11. The third-order valence-electron chi connectivity index (χ3n) is 2.10. The minimum absolute atomic E-state index is 0.167. The van der Waals surface area contributed by atoms with Crippen LogP contribution in [0, 0.1) is 0 Å². The van der Waals surface area contributed by atoms with Crippen LogP contribution in [0.1, 0.15) is 0 Å². The molecule has 0 heterocycles. The molecule has 1 aromatic rings. The molecule has 7 nitrogen and oxygen atoms in total. The monoisotopic (exact) mass is 306 g/mol. The number of primary amides is 1. The maximum absolute atomic E-state index is 12.1. The fraction of sp³-hybridized carbons (Fsp3) is 0.200. The predicted molar refractivity (Wildman–Crippen MR) is 67.0 cm³/mol. The van der Waals surface area contributed by atoms with E-state index >= 15 is 0 Å². The standard InChI is InChI=1S/C10H11ClN2O5S/c11-7-1-3-8(4-2-7)19(17,18)13(5-9(12)14)6-10(15)16/h1-4H,5-6H2,(H2,12,14)(H,15,16). The number of sulfonamides is 1. The fourth-order valence-corrected chi connectivity index (χ4v) is 2.79. The number of benzene rings is 1. The SMILES string of the molecule is NC(=O)CN(CC(=O)O)S(=O)(=O)c1ccc(Cl)cc1. The second-order valence-electron chi connectivity index (χ2n) is 3.59. The van der Waals surface area contributed by atoms with Gasteiger partial charge in [0.15, 0.2) is 0 Å². The molecule has 3 N–H and O–H groups in total. The topological polar surface area (TPSA) is 118 Å². The first kappa shape index (κ1) is 15.4. The summed E-state index contributed by atoms with van der Waals surface area (Å²) in [7, 11) is -4.11. The number of carbonyl (C=O) groups excluding carboxylic acids is 1. The highest BCUT2D eigenvalue weighted by Gasteiger charge is 2.27. The first-order valence-electron chi connectivity index (χ1n) is 4.99. The summed E-state index contributed by atoms with van der Waals surface area (Å²) >= 11 is 5.63. The Labute approximate surface area is 114 Å². The summed E-state index contributed by atoms with van der Waals surface area (Å²) in [5.41, 5.74) is 4.91. The molecule has 19 heavy (non-hydrogen) atoms. The second kappa shape index (κ2) is 6.00. The molecule has 0 aliphatic heterocycles. The lowest BCUT2D eigenvalue weighted by molar-refractivity contribution is -0.137. The molecular formula is C10H11ClN2O5S. The van der Waals surface area contributed by atoms with E-state index in [1.807, 2.05) is 0 Å². The summed E-state index contributed by atoms with van der Waals surface area (Å²) < 4.78 is 24.7. The molecular weight excluding hydrogens is 296 g/mol. The molecule has 0 radical (unpaired) electrons. The Kier molecular flexibility index (Phi) is 4.87. The first-order chi connectivity index (χ1) is 8.73. The summed E-state index contributed by atoms with van der Waals surface area (Å²) in [5.74, 6) is -2.34. The Balaban J connectivity index is 3.14. The van der Waals surface area contributed by atoms with Gasteiger partial charge in [0.1, 0.15) is 6.54 Å². The number of aliphatic carboxylic acids is 1. The molecule has 1 rings (SSSR count). The molecule has 0 aliphatic carbocycles. The minimum Gasteiger partial charge on any atom is -0.480 e. The smallest absolute Gasteiger partial charge is 0.318 e. The Bertz CT molecular complexity index is 568. The number of rotatable bonds is 6. The molecule has 0 saturated heterocycles. The summed E-state index contributed by atoms with van der Waals surface area (Å²) in [5, 5.41) is 9.00. The zero-order valence-electron chi connectivity index (χ0n) is 9.61. The van der Waals surface area contributed by atoms with Crippen LogP contribution < -0.4 is 5.73 Å². The van der Waals surface area contributed by atoms with Crippen LogP contribution in [0.3, 0.4) is 0 Å². The Morgan fingerprint density at radius 1 is 1.21 bits per heavy atom. The third kappa shape index (κ3) is 4.19. The van der Waals surface area contributed by atoms with Crippen molar-refractivity contribution >= 4 is 33.5 Å². The van der Waals surface area contributed by atoms with Crippen LogP contribution in [-0.4, -0.2) is 42.8 Å². The molecule has 0 bridgehead atoms. The molecule has 0 spiro atoms. The number of carboxylic acids is 1. The number of amides is 1. The van der Waals surface area contributed by atoms with E-state index in [1.165, 1.54) is 24.3 Å². The van der Waals surface area contributed by atoms with E-state index in [1.54, 1.807) is 0 Å². The van der Waals surface area contributed by atoms with Crippen molar-refractivity contribution in [3.8, 4) is 0 Å². The van der Waals surface area contributed by atoms with Gasteiger partial charge in [0.2, 0.25) is 15.9 Å². The number of hydrogen-bond acceptors (Lipinski definition) is 4. The number of nitrogens with two attached hydrogens (primary N) is 1. The number of halogens is 1. The molecule has 0 saturated carbocycles. The van der Waals surface area contributed by atoms with Gasteiger partial charge in [-0.2, -0.15) is 4.31 Å². The number of carbonyl (C=O) groups is 2. The van der Waals surface area contributed by atoms with Gasteiger partial charge in [-0.3, -0.25) is 9.59 Å². The third-order valence-corrected chi connectivity index (χ3v) is 4.15. The van der Waals surface area contributed by atoms with Gasteiger partial charge in [-0.05, 0) is 24.3 Å². The highest BCUT2D eigenvalue weighted by Crippen LogP contribution is 2.18. The highest BCUT2D eigenvalue weighted by molar-refractivity contribution is 7.89. The maximum Gasteiger partial charge on any atom is 0.318 e. The number of nitrogens with zero attached hydrogens (tertiary/aromatic N) is 1. The molecule has 1 aromatic carbocycles. The van der Waals surface area contributed by atoms with E-state index in [4.69, 9.17) is 22.4 Å². The maximum atomic E-state index is 12.1. The van der Waals surface area contributed by atoms with Gasteiger partial charge in [0.25, 0.3) is 0 Å². The normalized spacial score (nSPS) is 11.5. The average molecular weight is 307 g/mol. The highest BCUT2D eigenvalue weighted by atomic mass is 35.5. The van der Waals surface area contributed by atoms with Crippen LogP contribution in [0.4, 0.5) is 0 Å². The van der Waals surface area contributed by atoms with Crippen molar-refractivity contribution in [3.63, 3.8) is 0 Å². The molecule has 104 valence electrons. The lowest BCUT2D eigenvalue weighted by Gasteiger charge is -2.18. The Morgan fingerprint density at radius 3 is 2.16 bits per heavy atom. The largest absolute Gasteiger partial charge is 0.480 e. The van der Waals surface area contributed by atoms with Gasteiger partial charge in [0, 0.05) is 5.02 Å². The van der Waals surface area contributed by atoms with Crippen molar-refractivity contribution in [2.45, 2.75) is 4.90 Å². The van der Waals surface area contributed by atoms with Crippen molar-refractivity contribution in [1.29, 1.82) is 0 Å². The van der Waals surface area contributed by atoms with Crippen molar-refractivity contribution in [1.82, 2.24) is 4.31 Å². The van der Waals surface area contributed by atoms with Gasteiger partial charge in [-0.25, -0.2) is 8.42 Å². The molecule has 0 fully saturated rings. The molecule has 0 atom stereocenters. The summed E-state index contributed by atoms with van der Waals surface area (Å²) in [6.45, 7) is -1.56. The van der Waals surface area contributed by atoms with E-state index in [0.29, 0.717) is 9.33 Å². The lowest BCUT2D eigenvalue weighted by Crippen LogP contribution is -2.41. The van der Waals surface area contributed by atoms with Gasteiger partial charge < -0.3 is 10.8 Å². The van der Waals surface area contributed by atoms with E-state index in [2.05, 4.69) is 0 Å². The lowest BCUT2D eigenvalue weighted by atomic mass is 10.4. The van der Waals surface area contributed by atoms with E-state index in [9.17, 15) is 18.0 Å². The van der Waals surface area contributed by atoms with Crippen LogP contribution in [0.2, 0.25) is 5.02 Å². The zero-order chi connectivity index (χ0) is 14.6. The predicted octanol–water partition coefficient (Wildman–Crippen LogP) is -0.0994. The molecule has 9 heteroatoms. The van der Waals surface area contributed by atoms with Gasteiger partial charge >= 0.3 is 5.97 Å². The van der Waals surface area contributed by atoms with Crippen LogP contribution in [0.5, 0.6) is 0 Å².